The molecule has 1 fully saturated rings. The van der Waals surface area contributed by atoms with Crippen LogP contribution in [0.15, 0.2) is 12.4 Å². The van der Waals surface area contributed by atoms with E-state index in [0.29, 0.717) is 12.0 Å². The van der Waals surface area contributed by atoms with Gasteiger partial charge in [0.25, 0.3) is 0 Å². The molecule has 0 amide bonds. The molecule has 1 aliphatic rings. The molecule has 0 bridgehead atoms. The van der Waals surface area contributed by atoms with E-state index in [1.54, 1.807) is 0 Å². The molecule has 3 heteroatoms. The molecule has 1 aromatic rings. The Morgan fingerprint density at radius 2 is 2.24 bits per heavy atom. The summed E-state index contributed by atoms with van der Waals surface area (Å²) in [6.45, 7) is 7.71. The number of nitrogens with two attached hydrogens (primary N) is 1. The Balaban J connectivity index is 2.11. The molecule has 2 rings (SSSR count). The lowest BCUT2D eigenvalue weighted by atomic mass is 9.72. The van der Waals surface area contributed by atoms with Crippen LogP contribution in [0.3, 0.4) is 0 Å². The monoisotopic (exact) mass is 235 g/mol. The SMILES string of the molecule is CCn1cc(C2CC(C(C)C)CCC2N)cn1. The van der Waals surface area contributed by atoms with Crippen LogP contribution in [-0.2, 0) is 6.54 Å². The Morgan fingerprint density at radius 1 is 1.47 bits per heavy atom. The van der Waals surface area contributed by atoms with E-state index in [-0.39, 0.29) is 0 Å². The highest BCUT2D eigenvalue weighted by Gasteiger charge is 2.31. The van der Waals surface area contributed by atoms with Crippen LogP contribution in [0.2, 0.25) is 0 Å². The van der Waals surface area contributed by atoms with Gasteiger partial charge >= 0.3 is 0 Å². The van der Waals surface area contributed by atoms with E-state index < -0.39 is 0 Å². The van der Waals surface area contributed by atoms with Crippen LogP contribution in [0.25, 0.3) is 0 Å². The molecule has 17 heavy (non-hydrogen) atoms. The van der Waals surface area contributed by atoms with Crippen LogP contribution in [0.4, 0.5) is 0 Å². The van der Waals surface area contributed by atoms with E-state index >= 15 is 0 Å². The predicted octanol–water partition coefficient (Wildman–Crippen LogP) is 2.77. The fourth-order valence-electron chi connectivity index (χ4n) is 2.96. The molecule has 0 spiro atoms. The Bertz CT molecular complexity index is 356. The maximum Gasteiger partial charge on any atom is 0.0525 e. The van der Waals surface area contributed by atoms with E-state index in [1.165, 1.54) is 18.4 Å². The number of hydrogen-bond acceptors (Lipinski definition) is 2. The van der Waals surface area contributed by atoms with Crippen LogP contribution in [0.1, 0.15) is 51.5 Å². The fraction of sp³-hybridized carbons (Fsp3) is 0.786. The van der Waals surface area contributed by atoms with Gasteiger partial charge in [-0.2, -0.15) is 5.10 Å². The van der Waals surface area contributed by atoms with Crippen molar-refractivity contribution in [2.45, 2.75) is 58.5 Å². The molecule has 0 saturated heterocycles. The summed E-state index contributed by atoms with van der Waals surface area (Å²) >= 11 is 0. The summed E-state index contributed by atoms with van der Waals surface area (Å²) in [5.74, 6) is 2.10. The smallest absolute Gasteiger partial charge is 0.0525 e. The third-order valence-electron chi connectivity index (χ3n) is 4.29. The summed E-state index contributed by atoms with van der Waals surface area (Å²) in [6.07, 6.45) is 7.86. The van der Waals surface area contributed by atoms with Crippen molar-refractivity contribution in [3.8, 4) is 0 Å². The van der Waals surface area contributed by atoms with Gasteiger partial charge in [-0.15, -0.1) is 0 Å². The number of aromatic nitrogens is 2. The van der Waals surface area contributed by atoms with E-state index in [1.807, 2.05) is 10.9 Å². The average Bonchev–Trinajstić information content (AvgIpc) is 2.77. The second kappa shape index (κ2) is 5.21. The highest BCUT2D eigenvalue weighted by Crippen LogP contribution is 2.38. The fourth-order valence-corrected chi connectivity index (χ4v) is 2.96. The second-order valence-electron chi connectivity index (χ2n) is 5.72. The number of rotatable bonds is 3. The minimum Gasteiger partial charge on any atom is -0.327 e. The highest BCUT2D eigenvalue weighted by molar-refractivity contribution is 5.15. The van der Waals surface area contributed by atoms with Crippen molar-refractivity contribution in [2.75, 3.05) is 0 Å². The standard InChI is InChI=1S/C14H25N3/c1-4-17-9-12(8-16-17)13-7-11(10(2)3)5-6-14(13)15/h8-11,13-14H,4-7,15H2,1-3H3. The summed E-state index contributed by atoms with van der Waals surface area (Å²) in [5, 5.41) is 4.38. The van der Waals surface area contributed by atoms with Crippen molar-refractivity contribution >= 4 is 0 Å². The first-order valence-electron chi connectivity index (χ1n) is 6.89. The molecule has 1 saturated carbocycles. The Hall–Kier alpha value is -0.830. The van der Waals surface area contributed by atoms with Gasteiger partial charge < -0.3 is 5.73 Å². The number of aryl methyl sites for hydroxylation is 1. The van der Waals surface area contributed by atoms with Gasteiger partial charge in [-0.25, -0.2) is 0 Å². The molecule has 3 unspecified atom stereocenters. The van der Waals surface area contributed by atoms with Gasteiger partial charge in [0.2, 0.25) is 0 Å². The third kappa shape index (κ3) is 2.71. The van der Waals surface area contributed by atoms with E-state index in [0.717, 1.165) is 24.8 Å². The van der Waals surface area contributed by atoms with E-state index in [4.69, 9.17) is 5.73 Å². The average molecular weight is 235 g/mol. The molecule has 1 aliphatic carbocycles. The molecule has 0 radical (unpaired) electrons. The van der Waals surface area contributed by atoms with Gasteiger partial charge in [0, 0.05) is 24.7 Å². The minimum atomic E-state index is 0.319. The normalized spacial score (nSPS) is 29.8. The quantitative estimate of drug-likeness (QED) is 0.875. The van der Waals surface area contributed by atoms with Gasteiger partial charge in [-0.1, -0.05) is 13.8 Å². The largest absolute Gasteiger partial charge is 0.327 e. The van der Waals surface area contributed by atoms with E-state index in [9.17, 15) is 0 Å². The van der Waals surface area contributed by atoms with Crippen LogP contribution < -0.4 is 5.73 Å². The summed E-state index contributed by atoms with van der Waals surface area (Å²) in [6, 6.07) is 0.319. The van der Waals surface area contributed by atoms with Gasteiger partial charge in [0.15, 0.2) is 0 Å². The van der Waals surface area contributed by atoms with Crippen molar-refractivity contribution in [1.82, 2.24) is 9.78 Å². The van der Waals surface area contributed by atoms with Gasteiger partial charge in [0.05, 0.1) is 6.20 Å². The molecule has 2 N–H and O–H groups in total. The predicted molar refractivity (Wildman–Crippen MR) is 70.8 cm³/mol. The van der Waals surface area contributed by atoms with Crippen LogP contribution >= 0.6 is 0 Å². The summed E-state index contributed by atoms with van der Waals surface area (Å²) in [4.78, 5) is 0. The maximum absolute atomic E-state index is 6.29. The topological polar surface area (TPSA) is 43.8 Å². The summed E-state index contributed by atoms with van der Waals surface area (Å²) in [7, 11) is 0. The maximum atomic E-state index is 6.29. The molecule has 3 atom stereocenters. The lowest BCUT2D eigenvalue weighted by Crippen LogP contribution is -2.35. The molecule has 0 aromatic carbocycles. The van der Waals surface area contributed by atoms with E-state index in [2.05, 4.69) is 32.1 Å². The Labute approximate surface area is 104 Å². The second-order valence-corrected chi connectivity index (χ2v) is 5.72. The first kappa shape index (κ1) is 12.6. The van der Waals surface area contributed by atoms with Crippen LogP contribution in [-0.4, -0.2) is 15.8 Å². The zero-order chi connectivity index (χ0) is 12.4. The number of nitrogens with zero attached hydrogens (tertiary/aromatic N) is 2. The van der Waals surface area contributed by atoms with Gasteiger partial charge in [-0.05, 0) is 43.6 Å². The molecule has 0 aliphatic heterocycles. The van der Waals surface area contributed by atoms with Crippen LogP contribution in [0.5, 0.6) is 0 Å². The molecule has 1 aromatic heterocycles. The first-order valence-corrected chi connectivity index (χ1v) is 6.89. The van der Waals surface area contributed by atoms with Crippen molar-refractivity contribution in [1.29, 1.82) is 0 Å². The molecular weight excluding hydrogens is 210 g/mol. The molecule has 96 valence electrons. The van der Waals surface area contributed by atoms with Crippen LogP contribution in [0, 0.1) is 11.8 Å². The highest BCUT2D eigenvalue weighted by atomic mass is 15.3. The van der Waals surface area contributed by atoms with Gasteiger partial charge in [-0.3, -0.25) is 4.68 Å². The summed E-state index contributed by atoms with van der Waals surface area (Å²) in [5.41, 5.74) is 7.62. The zero-order valence-corrected chi connectivity index (χ0v) is 11.3. The molecular formula is C14H25N3. The van der Waals surface area contributed by atoms with Crippen molar-refractivity contribution in [3.63, 3.8) is 0 Å². The zero-order valence-electron chi connectivity index (χ0n) is 11.3. The molecule has 1 heterocycles. The molecule has 3 nitrogen and oxygen atoms in total. The Kier molecular flexibility index (Phi) is 3.87. The number of hydrogen-bond donors (Lipinski definition) is 1. The van der Waals surface area contributed by atoms with Crippen molar-refractivity contribution in [3.05, 3.63) is 18.0 Å². The first-order chi connectivity index (χ1) is 8.11. The Morgan fingerprint density at radius 3 is 2.82 bits per heavy atom. The van der Waals surface area contributed by atoms with Crippen molar-refractivity contribution < 1.29 is 0 Å². The van der Waals surface area contributed by atoms with Gasteiger partial charge in [0.1, 0.15) is 0 Å². The minimum absolute atomic E-state index is 0.319. The lowest BCUT2D eigenvalue weighted by Gasteiger charge is -2.35. The van der Waals surface area contributed by atoms with Crippen molar-refractivity contribution in [2.24, 2.45) is 17.6 Å². The third-order valence-corrected chi connectivity index (χ3v) is 4.29. The summed E-state index contributed by atoms with van der Waals surface area (Å²) < 4.78 is 2.00. The lowest BCUT2D eigenvalue weighted by molar-refractivity contribution is 0.232.